The van der Waals surface area contributed by atoms with E-state index in [1.165, 1.54) is 24.3 Å². The Morgan fingerprint density at radius 3 is 2.43 bits per heavy atom. The fourth-order valence-electron chi connectivity index (χ4n) is 1.73. The summed E-state index contributed by atoms with van der Waals surface area (Å²) in [7, 11) is 0. The minimum absolute atomic E-state index is 0.0603. The van der Waals surface area contributed by atoms with E-state index in [2.05, 4.69) is 10.1 Å². The Morgan fingerprint density at radius 2 is 1.90 bits per heavy atom. The number of ether oxygens (including phenoxy) is 1. The summed E-state index contributed by atoms with van der Waals surface area (Å²) in [6.07, 6.45) is 0. The van der Waals surface area contributed by atoms with Crippen LogP contribution in [0, 0.1) is 0 Å². The summed E-state index contributed by atoms with van der Waals surface area (Å²) in [4.78, 5) is 11.9. The monoisotopic (exact) mass is 315 g/mol. The van der Waals surface area contributed by atoms with E-state index in [-0.39, 0.29) is 22.8 Å². The Hall–Kier alpha value is -2.08. The van der Waals surface area contributed by atoms with Crippen molar-refractivity contribution >= 4 is 17.5 Å². The maximum Gasteiger partial charge on any atom is 0.387 e. The van der Waals surface area contributed by atoms with Crippen LogP contribution in [0.1, 0.15) is 29.1 Å². The van der Waals surface area contributed by atoms with Crippen LogP contribution in [0.5, 0.6) is 5.75 Å². The maximum atomic E-state index is 12.0. The number of benzene rings is 1. The number of carbonyl (C=O) groups is 1. The number of rotatable bonds is 5. The molecule has 4 nitrogen and oxygen atoms in total. The number of hydrogen-bond donors (Lipinski definition) is 1. The average molecular weight is 316 g/mol. The first-order chi connectivity index (χ1) is 9.95. The van der Waals surface area contributed by atoms with Crippen molar-refractivity contribution in [2.45, 2.75) is 19.6 Å². The number of amides is 1. The van der Waals surface area contributed by atoms with Gasteiger partial charge in [0.1, 0.15) is 5.75 Å². The molecule has 0 aliphatic carbocycles. The molecule has 2 rings (SSSR count). The first kappa shape index (κ1) is 15.3. The normalized spacial score (nSPS) is 12.2. The number of halogens is 3. The number of alkyl halides is 2. The SMILES string of the molecule is C[C@H](NC(=O)c1ccc(Cl)o1)c1ccc(OC(F)F)cc1. The van der Waals surface area contributed by atoms with Crippen LogP contribution in [-0.4, -0.2) is 12.5 Å². The van der Waals surface area contributed by atoms with Gasteiger partial charge in [-0.3, -0.25) is 4.79 Å². The second kappa shape index (κ2) is 6.58. The van der Waals surface area contributed by atoms with Gasteiger partial charge in [-0.1, -0.05) is 12.1 Å². The van der Waals surface area contributed by atoms with Gasteiger partial charge in [0.2, 0.25) is 0 Å². The van der Waals surface area contributed by atoms with Crippen molar-refractivity contribution < 1.29 is 22.7 Å². The zero-order valence-electron chi connectivity index (χ0n) is 11.0. The van der Waals surface area contributed by atoms with Gasteiger partial charge in [0, 0.05) is 0 Å². The third kappa shape index (κ3) is 4.19. The van der Waals surface area contributed by atoms with Crippen LogP contribution < -0.4 is 10.1 Å². The van der Waals surface area contributed by atoms with Gasteiger partial charge in [0.15, 0.2) is 11.0 Å². The molecule has 1 N–H and O–H groups in total. The largest absolute Gasteiger partial charge is 0.440 e. The molecule has 0 aliphatic rings. The predicted octanol–water partition coefficient (Wildman–Crippen LogP) is 4.03. The summed E-state index contributed by atoms with van der Waals surface area (Å²) < 4.78 is 33.3. The van der Waals surface area contributed by atoms with Crippen LogP contribution >= 0.6 is 11.6 Å². The first-order valence-corrected chi connectivity index (χ1v) is 6.44. The van der Waals surface area contributed by atoms with Gasteiger partial charge in [-0.15, -0.1) is 0 Å². The van der Waals surface area contributed by atoms with Crippen molar-refractivity contribution in [1.29, 1.82) is 0 Å². The lowest BCUT2D eigenvalue weighted by atomic mass is 10.1. The lowest BCUT2D eigenvalue weighted by Gasteiger charge is -2.14. The lowest BCUT2D eigenvalue weighted by molar-refractivity contribution is -0.0498. The number of furan rings is 1. The van der Waals surface area contributed by atoms with Crippen LogP contribution in [0.3, 0.4) is 0 Å². The summed E-state index contributed by atoms with van der Waals surface area (Å²) in [5, 5.41) is 2.83. The molecule has 21 heavy (non-hydrogen) atoms. The van der Waals surface area contributed by atoms with Crippen molar-refractivity contribution in [3.05, 3.63) is 52.9 Å². The minimum Gasteiger partial charge on any atom is -0.440 e. The van der Waals surface area contributed by atoms with Gasteiger partial charge in [-0.2, -0.15) is 8.78 Å². The average Bonchev–Trinajstić information content (AvgIpc) is 2.85. The van der Waals surface area contributed by atoms with E-state index in [4.69, 9.17) is 16.0 Å². The van der Waals surface area contributed by atoms with Crippen LogP contribution in [0.4, 0.5) is 8.78 Å². The maximum absolute atomic E-state index is 12.0. The number of hydrogen-bond acceptors (Lipinski definition) is 3. The molecule has 1 aromatic carbocycles. The van der Waals surface area contributed by atoms with E-state index >= 15 is 0 Å². The predicted molar refractivity (Wildman–Crippen MR) is 72.7 cm³/mol. The van der Waals surface area contributed by atoms with Crippen molar-refractivity contribution in [3.8, 4) is 5.75 Å². The highest BCUT2D eigenvalue weighted by Crippen LogP contribution is 2.20. The molecule has 0 aliphatic heterocycles. The molecule has 0 spiro atoms. The molecule has 1 aromatic heterocycles. The van der Waals surface area contributed by atoms with Gasteiger partial charge in [0.05, 0.1) is 6.04 Å². The van der Waals surface area contributed by atoms with E-state index < -0.39 is 12.5 Å². The molecule has 0 unspecified atom stereocenters. The molecule has 0 saturated heterocycles. The molecule has 1 heterocycles. The van der Waals surface area contributed by atoms with Crippen LogP contribution in [0.2, 0.25) is 5.22 Å². The highest BCUT2D eigenvalue weighted by atomic mass is 35.5. The quantitative estimate of drug-likeness (QED) is 0.906. The zero-order chi connectivity index (χ0) is 15.4. The van der Waals surface area contributed by atoms with Crippen LogP contribution in [0.15, 0.2) is 40.8 Å². The molecular formula is C14H12ClF2NO3. The van der Waals surface area contributed by atoms with Gasteiger partial charge in [-0.25, -0.2) is 0 Å². The van der Waals surface area contributed by atoms with Crippen LogP contribution in [-0.2, 0) is 0 Å². The first-order valence-electron chi connectivity index (χ1n) is 6.06. The van der Waals surface area contributed by atoms with Crippen molar-refractivity contribution in [1.82, 2.24) is 5.32 Å². The summed E-state index contributed by atoms with van der Waals surface area (Å²) in [5.41, 5.74) is 0.739. The van der Waals surface area contributed by atoms with Crippen molar-refractivity contribution in [3.63, 3.8) is 0 Å². The summed E-state index contributed by atoms with van der Waals surface area (Å²) in [5.74, 6) is -0.253. The van der Waals surface area contributed by atoms with Gasteiger partial charge in [-0.05, 0) is 48.4 Å². The smallest absolute Gasteiger partial charge is 0.387 e. The van der Waals surface area contributed by atoms with E-state index in [0.29, 0.717) is 0 Å². The van der Waals surface area contributed by atoms with Crippen molar-refractivity contribution in [2.75, 3.05) is 0 Å². The Bertz CT molecular complexity index is 613. The molecule has 0 saturated carbocycles. The Kier molecular flexibility index (Phi) is 4.80. The highest BCUT2D eigenvalue weighted by Gasteiger charge is 2.15. The summed E-state index contributed by atoms with van der Waals surface area (Å²) in [6, 6.07) is 8.61. The number of nitrogens with one attached hydrogen (secondary N) is 1. The van der Waals surface area contributed by atoms with E-state index in [1.807, 2.05) is 0 Å². The third-order valence-corrected chi connectivity index (χ3v) is 2.95. The molecule has 7 heteroatoms. The Morgan fingerprint density at radius 1 is 1.24 bits per heavy atom. The minimum atomic E-state index is -2.86. The fourth-order valence-corrected chi connectivity index (χ4v) is 1.87. The van der Waals surface area contributed by atoms with E-state index in [0.717, 1.165) is 5.56 Å². The molecule has 0 radical (unpaired) electrons. The zero-order valence-corrected chi connectivity index (χ0v) is 11.7. The molecule has 0 fully saturated rings. The Labute approximate surface area is 124 Å². The lowest BCUT2D eigenvalue weighted by Crippen LogP contribution is -2.26. The van der Waals surface area contributed by atoms with E-state index in [9.17, 15) is 13.6 Å². The molecule has 1 atom stereocenters. The standard InChI is InChI=1S/C14H12ClF2NO3/c1-8(18-13(19)11-6-7-12(15)21-11)9-2-4-10(5-3-9)20-14(16)17/h2-8,14H,1H3,(H,18,19)/t8-/m0/s1. The summed E-state index contributed by atoms with van der Waals surface area (Å²) in [6.45, 7) is -1.11. The van der Waals surface area contributed by atoms with Gasteiger partial charge >= 0.3 is 6.61 Å². The van der Waals surface area contributed by atoms with Crippen molar-refractivity contribution in [2.24, 2.45) is 0 Å². The van der Waals surface area contributed by atoms with Gasteiger partial charge < -0.3 is 14.5 Å². The molecule has 1 amide bonds. The second-order valence-corrected chi connectivity index (χ2v) is 4.62. The second-order valence-electron chi connectivity index (χ2n) is 4.25. The topological polar surface area (TPSA) is 51.5 Å². The Balaban J connectivity index is 1.99. The van der Waals surface area contributed by atoms with Crippen LogP contribution in [0.25, 0.3) is 0 Å². The molecule has 2 aromatic rings. The summed E-state index contributed by atoms with van der Waals surface area (Å²) >= 11 is 5.60. The molecule has 0 bridgehead atoms. The van der Waals surface area contributed by atoms with Gasteiger partial charge in [0.25, 0.3) is 5.91 Å². The fraction of sp³-hybridized carbons (Fsp3) is 0.214. The number of carbonyl (C=O) groups excluding carboxylic acids is 1. The molecule has 112 valence electrons. The highest BCUT2D eigenvalue weighted by molar-refractivity contribution is 6.29. The molecular weight excluding hydrogens is 304 g/mol. The van der Waals surface area contributed by atoms with E-state index in [1.54, 1.807) is 19.1 Å². The third-order valence-electron chi connectivity index (χ3n) is 2.75.